The van der Waals surface area contributed by atoms with Crippen LogP contribution in [0.15, 0.2) is 30.7 Å². The predicted molar refractivity (Wildman–Crippen MR) is 111 cm³/mol. The summed E-state index contributed by atoms with van der Waals surface area (Å²) in [6.07, 6.45) is 10.1. The lowest BCUT2D eigenvalue weighted by atomic mass is 9.50. The molecule has 4 fully saturated rings. The highest BCUT2D eigenvalue weighted by Crippen LogP contribution is 2.56. The number of nitrogens with one attached hydrogen (secondary N) is 3. The molecule has 0 aromatic carbocycles. The van der Waals surface area contributed by atoms with E-state index >= 15 is 0 Å². The minimum Gasteiger partial charge on any atom is -0.465 e. The molecule has 0 atom stereocenters. The van der Waals surface area contributed by atoms with Gasteiger partial charge in [-0.25, -0.2) is 14.3 Å². The number of fused-ring (bicyclic) bond motifs is 1. The quantitative estimate of drug-likeness (QED) is 0.519. The summed E-state index contributed by atoms with van der Waals surface area (Å²) in [6.45, 7) is 3.95. The summed E-state index contributed by atoms with van der Waals surface area (Å²) in [7, 11) is 0. The number of amides is 1. The Balaban J connectivity index is 0.000000129. The summed E-state index contributed by atoms with van der Waals surface area (Å²) >= 11 is 0. The van der Waals surface area contributed by atoms with Crippen molar-refractivity contribution in [1.29, 1.82) is 0 Å². The van der Waals surface area contributed by atoms with Crippen molar-refractivity contribution < 1.29 is 14.6 Å². The number of carbonyl (C=O) groups is 1. The van der Waals surface area contributed by atoms with Crippen LogP contribution in [0, 0.1) is 12.8 Å². The zero-order chi connectivity index (χ0) is 21.0. The van der Waals surface area contributed by atoms with E-state index in [1.54, 1.807) is 16.9 Å². The highest BCUT2D eigenvalue weighted by atomic mass is 16.5. The number of rotatable bonds is 3. The minimum absolute atomic E-state index is 0.0382. The molecule has 30 heavy (non-hydrogen) atoms. The van der Waals surface area contributed by atoms with E-state index in [9.17, 15) is 4.79 Å². The summed E-state index contributed by atoms with van der Waals surface area (Å²) in [4.78, 5) is 14.4. The second-order valence-electron chi connectivity index (χ2n) is 8.00. The normalized spacial score (nSPS) is 23.2. The number of nitrogens with zero attached hydrogens (tertiary/aromatic N) is 4. The minimum atomic E-state index is -0.867. The van der Waals surface area contributed by atoms with Crippen molar-refractivity contribution in [3.8, 4) is 0 Å². The molecule has 1 amide bonds. The average molecular weight is 413 g/mol. The van der Waals surface area contributed by atoms with E-state index in [2.05, 4.69) is 30.9 Å². The van der Waals surface area contributed by atoms with Crippen LogP contribution < -0.4 is 10.6 Å². The zero-order valence-electron chi connectivity index (χ0n) is 17.0. The van der Waals surface area contributed by atoms with Crippen LogP contribution >= 0.6 is 0 Å². The first-order chi connectivity index (χ1) is 14.5. The van der Waals surface area contributed by atoms with E-state index in [0.717, 1.165) is 61.2 Å². The molecule has 10 nitrogen and oxygen atoms in total. The van der Waals surface area contributed by atoms with Gasteiger partial charge in [0.2, 0.25) is 0 Å². The lowest BCUT2D eigenvalue weighted by Crippen LogP contribution is -2.67. The van der Waals surface area contributed by atoms with Crippen molar-refractivity contribution in [2.45, 2.75) is 44.6 Å². The summed E-state index contributed by atoms with van der Waals surface area (Å²) in [5.74, 6) is 2.41. The maximum absolute atomic E-state index is 10.1. The Morgan fingerprint density at radius 2 is 2.07 bits per heavy atom. The lowest BCUT2D eigenvalue weighted by Gasteiger charge is -2.61. The number of aromatic amines is 1. The molecule has 4 N–H and O–H groups in total. The number of hydrogen-bond acceptors (Lipinski definition) is 6. The van der Waals surface area contributed by atoms with Gasteiger partial charge >= 0.3 is 6.09 Å². The van der Waals surface area contributed by atoms with Crippen LogP contribution in [0.3, 0.4) is 0 Å². The van der Waals surface area contributed by atoms with Crippen molar-refractivity contribution in [3.63, 3.8) is 0 Å². The maximum atomic E-state index is 10.1. The SMILES string of the molecule is C1CCOC1.Cc1cc2c(Nc3ccn[nH]3)nccn2n1.O=C(O)NC12CC(C1)C2. The van der Waals surface area contributed by atoms with E-state index < -0.39 is 6.09 Å². The number of aromatic nitrogens is 5. The Kier molecular flexibility index (Phi) is 5.84. The molecule has 1 aliphatic heterocycles. The summed E-state index contributed by atoms with van der Waals surface area (Å²) in [5.41, 5.74) is 1.94. The molecule has 3 aromatic rings. The van der Waals surface area contributed by atoms with Crippen molar-refractivity contribution in [3.05, 3.63) is 36.4 Å². The van der Waals surface area contributed by atoms with Gasteiger partial charge in [-0.1, -0.05) is 0 Å². The number of H-pyrrole nitrogens is 1. The fraction of sp³-hybridized carbons (Fsp3) is 0.500. The second-order valence-corrected chi connectivity index (χ2v) is 8.00. The Labute approximate surface area is 174 Å². The molecule has 1 saturated heterocycles. The molecular weight excluding hydrogens is 386 g/mol. The lowest BCUT2D eigenvalue weighted by molar-refractivity contribution is -0.0448. The first kappa shape index (κ1) is 20.1. The van der Waals surface area contributed by atoms with Crippen LogP contribution in [0.25, 0.3) is 5.52 Å². The Morgan fingerprint density at radius 3 is 2.57 bits per heavy atom. The largest absolute Gasteiger partial charge is 0.465 e. The summed E-state index contributed by atoms with van der Waals surface area (Å²) in [5, 5.41) is 25.0. The van der Waals surface area contributed by atoms with Gasteiger partial charge in [-0.15, -0.1) is 0 Å². The van der Waals surface area contributed by atoms with Gasteiger partial charge in [0.1, 0.15) is 11.3 Å². The Bertz CT molecular complexity index is 957. The van der Waals surface area contributed by atoms with Crippen molar-refractivity contribution >= 4 is 23.2 Å². The maximum Gasteiger partial charge on any atom is 0.405 e. The van der Waals surface area contributed by atoms with Crippen molar-refractivity contribution in [2.75, 3.05) is 18.5 Å². The van der Waals surface area contributed by atoms with Crippen LogP contribution in [-0.2, 0) is 4.74 Å². The van der Waals surface area contributed by atoms with E-state index in [4.69, 9.17) is 9.84 Å². The molecule has 3 aromatic heterocycles. The van der Waals surface area contributed by atoms with Gasteiger partial charge in [0, 0.05) is 37.2 Å². The van der Waals surface area contributed by atoms with Gasteiger partial charge in [0.25, 0.3) is 0 Å². The van der Waals surface area contributed by atoms with Crippen LogP contribution in [0.5, 0.6) is 0 Å². The molecule has 3 saturated carbocycles. The number of ether oxygens (including phenoxy) is 1. The molecule has 7 rings (SSSR count). The first-order valence-corrected chi connectivity index (χ1v) is 10.2. The summed E-state index contributed by atoms with van der Waals surface area (Å²) < 4.78 is 6.74. The van der Waals surface area contributed by atoms with Crippen molar-refractivity contribution in [1.82, 2.24) is 30.1 Å². The first-order valence-electron chi connectivity index (χ1n) is 10.2. The molecule has 0 unspecified atom stereocenters. The molecule has 4 aliphatic rings. The zero-order valence-corrected chi connectivity index (χ0v) is 17.0. The van der Waals surface area contributed by atoms with Gasteiger partial charge in [0.05, 0.1) is 11.9 Å². The second kappa shape index (κ2) is 8.70. The summed E-state index contributed by atoms with van der Waals surface area (Å²) in [6, 6.07) is 3.82. The third-order valence-electron chi connectivity index (χ3n) is 5.50. The van der Waals surface area contributed by atoms with E-state index in [-0.39, 0.29) is 5.54 Å². The fourth-order valence-electron chi connectivity index (χ4n) is 3.96. The van der Waals surface area contributed by atoms with Crippen LogP contribution in [0.2, 0.25) is 0 Å². The standard InChI is InChI=1S/C10H10N6.C6H9NO2.C4H8O/c1-7-6-8-10(11-4-5-16(8)15-7)13-9-2-3-12-14-9;8-5(9)7-6-1-4(2-6)3-6;1-2-4-5-3-1/h2-6H,1H3,(H2,11,12,13,14);4,7H,1-3H2,(H,8,9);1-4H2. The molecule has 3 aliphatic carbocycles. The molecule has 0 radical (unpaired) electrons. The Morgan fingerprint density at radius 1 is 1.30 bits per heavy atom. The number of carboxylic acid groups (broad SMARTS) is 1. The number of anilines is 2. The van der Waals surface area contributed by atoms with Crippen LogP contribution in [-0.4, -0.2) is 54.7 Å². The van der Waals surface area contributed by atoms with Crippen LogP contribution in [0.1, 0.15) is 37.8 Å². The number of hydrogen-bond donors (Lipinski definition) is 4. The molecule has 160 valence electrons. The smallest absolute Gasteiger partial charge is 0.405 e. The van der Waals surface area contributed by atoms with Gasteiger partial charge in [-0.05, 0) is 51.0 Å². The van der Waals surface area contributed by atoms with Crippen molar-refractivity contribution in [2.24, 2.45) is 5.92 Å². The number of aryl methyl sites for hydroxylation is 1. The van der Waals surface area contributed by atoms with Gasteiger partial charge in [-0.3, -0.25) is 5.10 Å². The molecule has 10 heteroatoms. The molecular formula is C20H27N7O3. The molecule has 2 bridgehead atoms. The Hall–Kier alpha value is -3.14. The van der Waals surface area contributed by atoms with E-state index in [0.29, 0.717) is 0 Å². The van der Waals surface area contributed by atoms with Gasteiger partial charge in [0.15, 0.2) is 5.82 Å². The fourth-order valence-corrected chi connectivity index (χ4v) is 3.96. The van der Waals surface area contributed by atoms with E-state index in [1.807, 2.05) is 25.3 Å². The predicted octanol–water partition coefficient (Wildman–Crippen LogP) is 3.11. The monoisotopic (exact) mass is 413 g/mol. The highest BCUT2D eigenvalue weighted by Gasteiger charge is 2.57. The molecule has 0 spiro atoms. The van der Waals surface area contributed by atoms with Gasteiger partial charge < -0.3 is 20.5 Å². The van der Waals surface area contributed by atoms with E-state index in [1.165, 1.54) is 12.8 Å². The third-order valence-corrected chi connectivity index (χ3v) is 5.50. The molecule has 4 heterocycles. The highest BCUT2D eigenvalue weighted by molar-refractivity contribution is 5.71. The van der Waals surface area contributed by atoms with Crippen LogP contribution in [0.4, 0.5) is 16.4 Å². The van der Waals surface area contributed by atoms with Gasteiger partial charge in [-0.2, -0.15) is 10.2 Å². The average Bonchev–Trinajstić information content (AvgIpc) is 3.41. The topological polar surface area (TPSA) is 129 Å². The third kappa shape index (κ3) is 4.70.